The lowest BCUT2D eigenvalue weighted by atomic mass is 10.2. The van der Waals surface area contributed by atoms with Gasteiger partial charge in [-0.3, -0.25) is 9.52 Å². The van der Waals surface area contributed by atoms with E-state index in [0.717, 1.165) is 5.56 Å². The zero-order valence-electron chi connectivity index (χ0n) is 16.5. The molecule has 0 fully saturated rings. The number of carbonyl (C=O) groups is 1. The zero-order chi connectivity index (χ0) is 22.4. The second kappa shape index (κ2) is 9.57. The highest BCUT2D eigenvalue weighted by Gasteiger charge is 2.16. The molecule has 0 bridgehead atoms. The Morgan fingerprint density at radius 1 is 1.00 bits per heavy atom. The van der Waals surface area contributed by atoms with E-state index in [1.807, 2.05) is 6.07 Å². The number of ether oxygens (including phenoxy) is 1. The molecule has 6 nitrogen and oxygen atoms in total. The van der Waals surface area contributed by atoms with Gasteiger partial charge in [0, 0.05) is 12.1 Å². The quantitative estimate of drug-likeness (QED) is 0.540. The van der Waals surface area contributed by atoms with E-state index in [1.165, 1.54) is 36.4 Å². The van der Waals surface area contributed by atoms with Gasteiger partial charge in [-0.2, -0.15) is 8.78 Å². The first kappa shape index (κ1) is 22.2. The second-order valence-electron chi connectivity index (χ2n) is 6.65. The number of aryl methyl sites for hydroxylation is 1. The Kier molecular flexibility index (Phi) is 6.86. The van der Waals surface area contributed by atoms with E-state index in [4.69, 9.17) is 0 Å². The highest BCUT2D eigenvalue weighted by molar-refractivity contribution is 7.92. The number of halogens is 2. The van der Waals surface area contributed by atoms with Gasteiger partial charge in [-0.15, -0.1) is 0 Å². The van der Waals surface area contributed by atoms with Crippen LogP contribution in [0.1, 0.15) is 21.5 Å². The predicted molar refractivity (Wildman–Crippen MR) is 113 cm³/mol. The lowest BCUT2D eigenvalue weighted by Crippen LogP contribution is -2.23. The zero-order valence-corrected chi connectivity index (χ0v) is 17.3. The van der Waals surface area contributed by atoms with Gasteiger partial charge in [-0.05, 0) is 60.5 Å². The highest BCUT2D eigenvalue weighted by Crippen LogP contribution is 2.20. The van der Waals surface area contributed by atoms with Crippen molar-refractivity contribution in [2.24, 2.45) is 0 Å². The largest absolute Gasteiger partial charge is 0.435 e. The van der Waals surface area contributed by atoms with E-state index in [2.05, 4.69) is 14.8 Å². The number of sulfonamides is 1. The minimum absolute atomic E-state index is 0.00235. The molecule has 3 aromatic rings. The maximum atomic E-state index is 12.6. The molecule has 0 heterocycles. The van der Waals surface area contributed by atoms with Gasteiger partial charge >= 0.3 is 6.61 Å². The number of anilines is 1. The van der Waals surface area contributed by atoms with Crippen molar-refractivity contribution < 1.29 is 26.7 Å². The summed E-state index contributed by atoms with van der Waals surface area (Å²) >= 11 is 0. The molecule has 31 heavy (non-hydrogen) atoms. The summed E-state index contributed by atoms with van der Waals surface area (Å²) in [5.41, 5.74) is 2.09. The number of hydrogen-bond donors (Lipinski definition) is 2. The first-order chi connectivity index (χ1) is 14.7. The fourth-order valence-electron chi connectivity index (χ4n) is 2.79. The summed E-state index contributed by atoms with van der Waals surface area (Å²) in [6.07, 6.45) is 0. The molecule has 0 aromatic heterocycles. The van der Waals surface area contributed by atoms with Crippen LogP contribution in [0.4, 0.5) is 14.5 Å². The number of nitrogens with one attached hydrogen (secondary N) is 2. The number of alkyl halides is 2. The maximum absolute atomic E-state index is 12.6. The molecule has 3 aromatic carbocycles. The molecule has 0 saturated heterocycles. The predicted octanol–water partition coefficient (Wildman–Crippen LogP) is 4.33. The fourth-order valence-corrected chi connectivity index (χ4v) is 3.92. The third kappa shape index (κ3) is 6.02. The van der Waals surface area contributed by atoms with Crippen molar-refractivity contribution in [3.63, 3.8) is 0 Å². The van der Waals surface area contributed by atoms with Crippen molar-refractivity contribution in [1.29, 1.82) is 0 Å². The van der Waals surface area contributed by atoms with Gasteiger partial charge in [0.25, 0.3) is 15.9 Å². The van der Waals surface area contributed by atoms with Crippen molar-refractivity contribution in [3.8, 4) is 5.75 Å². The molecule has 3 rings (SSSR count). The van der Waals surface area contributed by atoms with Crippen LogP contribution in [0.3, 0.4) is 0 Å². The summed E-state index contributed by atoms with van der Waals surface area (Å²) in [4.78, 5) is 12.4. The minimum Gasteiger partial charge on any atom is -0.435 e. The number of benzene rings is 3. The summed E-state index contributed by atoms with van der Waals surface area (Å²) in [5.74, 6) is -0.437. The molecule has 1 amide bonds. The van der Waals surface area contributed by atoms with Crippen molar-refractivity contribution in [2.75, 3.05) is 4.72 Å². The van der Waals surface area contributed by atoms with E-state index in [1.54, 1.807) is 37.3 Å². The lowest BCUT2D eigenvalue weighted by Gasteiger charge is -2.11. The highest BCUT2D eigenvalue weighted by atomic mass is 32.2. The van der Waals surface area contributed by atoms with Gasteiger partial charge in [-0.1, -0.05) is 30.3 Å². The van der Waals surface area contributed by atoms with Crippen molar-refractivity contribution >= 4 is 21.6 Å². The van der Waals surface area contributed by atoms with Gasteiger partial charge in [0.1, 0.15) is 5.75 Å². The normalized spacial score (nSPS) is 11.2. The summed E-state index contributed by atoms with van der Waals surface area (Å²) < 4.78 is 56.6. The second-order valence-corrected chi connectivity index (χ2v) is 8.34. The van der Waals surface area contributed by atoms with Crippen molar-refractivity contribution in [3.05, 3.63) is 89.5 Å². The van der Waals surface area contributed by atoms with E-state index < -0.39 is 22.5 Å². The molecule has 162 valence electrons. The molecule has 0 unspecified atom stereocenters. The molecule has 0 aliphatic carbocycles. The van der Waals surface area contributed by atoms with E-state index in [9.17, 15) is 22.0 Å². The summed E-state index contributed by atoms with van der Waals surface area (Å²) in [5, 5.41) is 2.65. The van der Waals surface area contributed by atoms with Crippen molar-refractivity contribution in [2.45, 2.75) is 25.0 Å². The standard InChI is InChI=1S/C22H20F2N2O4S/c1-15-5-2-3-8-20(15)26-31(28,29)19-11-9-17(10-12-19)21(27)25-14-16-6-4-7-18(13-16)30-22(23)24/h2-13,22,26H,14H2,1H3,(H,25,27). The first-order valence-electron chi connectivity index (χ1n) is 9.25. The van der Waals surface area contributed by atoms with Gasteiger partial charge < -0.3 is 10.1 Å². The molecular weight excluding hydrogens is 426 g/mol. The lowest BCUT2D eigenvalue weighted by molar-refractivity contribution is -0.0498. The topological polar surface area (TPSA) is 84.5 Å². The van der Waals surface area contributed by atoms with Crippen LogP contribution in [0.5, 0.6) is 5.75 Å². The van der Waals surface area contributed by atoms with Crippen LogP contribution in [-0.2, 0) is 16.6 Å². The van der Waals surface area contributed by atoms with E-state index in [-0.39, 0.29) is 22.8 Å². The van der Waals surface area contributed by atoms with Gasteiger partial charge in [0.05, 0.1) is 10.6 Å². The third-order valence-corrected chi connectivity index (χ3v) is 5.77. The fraction of sp³-hybridized carbons (Fsp3) is 0.136. The Morgan fingerprint density at radius 3 is 2.39 bits per heavy atom. The maximum Gasteiger partial charge on any atom is 0.387 e. The minimum atomic E-state index is -3.81. The molecule has 0 saturated carbocycles. The number of carbonyl (C=O) groups excluding carboxylic acids is 1. The van der Waals surface area contributed by atoms with Crippen LogP contribution in [0, 0.1) is 6.92 Å². The Bertz CT molecular complexity index is 1170. The first-order valence-corrected chi connectivity index (χ1v) is 10.7. The van der Waals surface area contributed by atoms with E-state index >= 15 is 0 Å². The Labute approximate surface area is 178 Å². The average Bonchev–Trinajstić information content (AvgIpc) is 2.73. The van der Waals surface area contributed by atoms with Crippen LogP contribution in [0.15, 0.2) is 77.7 Å². The average molecular weight is 446 g/mol. The molecule has 0 aliphatic rings. The summed E-state index contributed by atoms with van der Waals surface area (Å²) in [7, 11) is -3.81. The molecule has 2 N–H and O–H groups in total. The molecule has 9 heteroatoms. The van der Waals surface area contributed by atoms with Gasteiger partial charge in [-0.25, -0.2) is 8.42 Å². The molecular formula is C22H20F2N2O4S. The Hall–Kier alpha value is -3.46. The summed E-state index contributed by atoms with van der Waals surface area (Å²) in [6.45, 7) is -1.05. The Balaban J connectivity index is 1.64. The van der Waals surface area contributed by atoms with Gasteiger partial charge in [0.15, 0.2) is 0 Å². The number of rotatable bonds is 8. The van der Waals surface area contributed by atoms with Crippen LogP contribution >= 0.6 is 0 Å². The smallest absolute Gasteiger partial charge is 0.387 e. The van der Waals surface area contributed by atoms with E-state index in [0.29, 0.717) is 11.3 Å². The number of amides is 1. The monoisotopic (exact) mass is 446 g/mol. The van der Waals surface area contributed by atoms with Crippen molar-refractivity contribution in [1.82, 2.24) is 5.32 Å². The van der Waals surface area contributed by atoms with Crippen LogP contribution in [0.2, 0.25) is 0 Å². The summed E-state index contributed by atoms with van der Waals surface area (Å²) in [6, 6.07) is 18.5. The Morgan fingerprint density at radius 2 is 1.71 bits per heavy atom. The van der Waals surface area contributed by atoms with Crippen LogP contribution in [0.25, 0.3) is 0 Å². The van der Waals surface area contributed by atoms with Crippen LogP contribution < -0.4 is 14.8 Å². The molecule has 0 spiro atoms. The van der Waals surface area contributed by atoms with Gasteiger partial charge in [0.2, 0.25) is 0 Å². The molecule has 0 radical (unpaired) electrons. The van der Waals surface area contributed by atoms with Crippen LogP contribution in [-0.4, -0.2) is 20.9 Å². The SMILES string of the molecule is Cc1ccccc1NS(=O)(=O)c1ccc(C(=O)NCc2cccc(OC(F)F)c2)cc1. The number of para-hydroxylation sites is 1. The molecule has 0 atom stereocenters. The number of hydrogen-bond acceptors (Lipinski definition) is 4. The third-order valence-electron chi connectivity index (χ3n) is 4.39. The molecule has 0 aliphatic heterocycles.